The third-order valence-corrected chi connectivity index (χ3v) is 3.76. The van der Waals surface area contributed by atoms with Crippen molar-refractivity contribution in [2.45, 2.75) is 13.3 Å². The number of hydrogen-bond acceptors (Lipinski definition) is 5. The Hall–Kier alpha value is -1.84. The van der Waals surface area contributed by atoms with Crippen LogP contribution in [0.2, 0.25) is 5.02 Å². The topological polar surface area (TPSA) is 73.6 Å². The van der Waals surface area contributed by atoms with Crippen molar-refractivity contribution in [1.29, 1.82) is 5.26 Å². The van der Waals surface area contributed by atoms with E-state index in [0.717, 1.165) is 17.4 Å². The van der Waals surface area contributed by atoms with Gasteiger partial charge in [0.1, 0.15) is 22.4 Å². The minimum atomic E-state index is 0.516. The van der Waals surface area contributed by atoms with Gasteiger partial charge in [-0.25, -0.2) is 9.97 Å². The predicted molar refractivity (Wildman–Crippen MR) is 88.0 cm³/mol. The van der Waals surface area contributed by atoms with Gasteiger partial charge in [-0.1, -0.05) is 18.5 Å². The van der Waals surface area contributed by atoms with Gasteiger partial charge in [0.2, 0.25) is 0 Å². The quantitative estimate of drug-likeness (QED) is 0.824. The first kappa shape index (κ1) is 15.5. The molecule has 7 heteroatoms. The Balaban J connectivity index is 2.30. The molecule has 108 valence electrons. The maximum Gasteiger partial charge on any atom is 0.150 e. The molecule has 0 unspecified atom stereocenters. The van der Waals surface area contributed by atoms with Gasteiger partial charge in [0, 0.05) is 6.54 Å². The van der Waals surface area contributed by atoms with Crippen molar-refractivity contribution in [3.63, 3.8) is 0 Å². The maximum absolute atomic E-state index is 8.95. The van der Waals surface area contributed by atoms with E-state index in [1.807, 2.05) is 0 Å². The minimum Gasteiger partial charge on any atom is -0.369 e. The van der Waals surface area contributed by atoms with Crippen LogP contribution >= 0.6 is 27.5 Å². The summed E-state index contributed by atoms with van der Waals surface area (Å²) in [4.78, 5) is 8.37. The van der Waals surface area contributed by atoms with Gasteiger partial charge in [-0.3, -0.25) is 0 Å². The fourth-order valence-corrected chi connectivity index (χ4v) is 2.25. The number of nitrogens with zero attached hydrogens (tertiary/aromatic N) is 3. The third kappa shape index (κ3) is 3.84. The Morgan fingerprint density at radius 1 is 1.33 bits per heavy atom. The van der Waals surface area contributed by atoms with Gasteiger partial charge in [-0.15, -0.1) is 0 Å². The zero-order valence-electron chi connectivity index (χ0n) is 11.3. The van der Waals surface area contributed by atoms with Gasteiger partial charge < -0.3 is 10.6 Å². The van der Waals surface area contributed by atoms with Gasteiger partial charge in [0.05, 0.1) is 22.3 Å². The highest BCUT2D eigenvalue weighted by atomic mass is 79.9. The van der Waals surface area contributed by atoms with Crippen molar-refractivity contribution in [1.82, 2.24) is 9.97 Å². The first-order chi connectivity index (χ1) is 10.2. The number of benzene rings is 1. The summed E-state index contributed by atoms with van der Waals surface area (Å²) in [6.45, 7) is 2.90. The van der Waals surface area contributed by atoms with Crippen LogP contribution in [0.15, 0.2) is 29.0 Å². The van der Waals surface area contributed by atoms with E-state index in [9.17, 15) is 0 Å². The second-order valence-corrected chi connectivity index (χ2v) is 5.44. The fourth-order valence-electron chi connectivity index (χ4n) is 1.64. The van der Waals surface area contributed by atoms with Gasteiger partial charge >= 0.3 is 0 Å². The highest BCUT2D eigenvalue weighted by Crippen LogP contribution is 2.32. The summed E-state index contributed by atoms with van der Waals surface area (Å²) in [5.41, 5.74) is 1.15. The predicted octanol–water partition coefficient (Wildman–Crippen LogP) is 4.33. The first-order valence-corrected chi connectivity index (χ1v) is 7.53. The highest BCUT2D eigenvalue weighted by Gasteiger charge is 2.10. The van der Waals surface area contributed by atoms with Crippen LogP contribution in [0, 0.1) is 11.3 Å². The summed E-state index contributed by atoms with van der Waals surface area (Å²) in [5, 5.41) is 15.8. The molecule has 1 heterocycles. The van der Waals surface area contributed by atoms with Crippen LogP contribution < -0.4 is 10.6 Å². The Labute approximate surface area is 136 Å². The molecule has 2 aromatic rings. The molecule has 0 aliphatic heterocycles. The lowest BCUT2D eigenvalue weighted by Crippen LogP contribution is -2.05. The van der Waals surface area contributed by atoms with Gasteiger partial charge in [-0.05, 0) is 40.5 Å². The van der Waals surface area contributed by atoms with Gasteiger partial charge in [0.15, 0.2) is 0 Å². The van der Waals surface area contributed by atoms with Crippen molar-refractivity contribution in [3.8, 4) is 6.07 Å². The molecule has 5 nitrogen and oxygen atoms in total. The van der Waals surface area contributed by atoms with Crippen LogP contribution in [-0.2, 0) is 0 Å². The van der Waals surface area contributed by atoms with E-state index >= 15 is 0 Å². The van der Waals surface area contributed by atoms with Crippen LogP contribution in [0.3, 0.4) is 0 Å². The first-order valence-electron chi connectivity index (χ1n) is 6.36. The van der Waals surface area contributed by atoms with E-state index in [1.165, 1.54) is 6.33 Å². The van der Waals surface area contributed by atoms with Crippen LogP contribution in [0.5, 0.6) is 0 Å². The zero-order valence-corrected chi connectivity index (χ0v) is 13.7. The summed E-state index contributed by atoms with van der Waals surface area (Å²) in [5.74, 6) is 1.29. The lowest BCUT2D eigenvalue weighted by atomic mass is 10.2. The molecular weight excluding hydrogens is 354 g/mol. The summed E-state index contributed by atoms with van der Waals surface area (Å²) in [6.07, 6.45) is 2.46. The Morgan fingerprint density at radius 2 is 2.10 bits per heavy atom. The normalized spacial score (nSPS) is 10.0. The van der Waals surface area contributed by atoms with Crippen LogP contribution in [0.4, 0.5) is 17.3 Å². The van der Waals surface area contributed by atoms with E-state index < -0.39 is 0 Å². The second-order valence-electron chi connectivity index (χ2n) is 4.24. The van der Waals surface area contributed by atoms with Crippen molar-refractivity contribution in [2.75, 3.05) is 17.2 Å². The lowest BCUT2D eigenvalue weighted by Gasteiger charge is -2.12. The number of rotatable bonds is 5. The largest absolute Gasteiger partial charge is 0.369 e. The second kappa shape index (κ2) is 7.25. The number of anilines is 3. The van der Waals surface area contributed by atoms with Crippen molar-refractivity contribution >= 4 is 44.9 Å². The van der Waals surface area contributed by atoms with Crippen LogP contribution in [0.1, 0.15) is 18.9 Å². The van der Waals surface area contributed by atoms with Crippen molar-refractivity contribution in [2.24, 2.45) is 0 Å². The van der Waals surface area contributed by atoms with Gasteiger partial charge in [-0.2, -0.15) is 5.26 Å². The molecule has 0 saturated carbocycles. The molecule has 2 rings (SSSR count). The molecule has 1 aromatic carbocycles. The molecule has 0 spiro atoms. The molecule has 0 aliphatic rings. The molecule has 0 amide bonds. The molecule has 0 atom stereocenters. The average Bonchev–Trinajstić information content (AvgIpc) is 2.50. The van der Waals surface area contributed by atoms with E-state index in [2.05, 4.69) is 49.5 Å². The minimum absolute atomic E-state index is 0.516. The Kier molecular flexibility index (Phi) is 5.37. The molecule has 0 fully saturated rings. The van der Waals surface area contributed by atoms with Crippen molar-refractivity contribution in [3.05, 3.63) is 39.6 Å². The molecule has 2 N–H and O–H groups in total. The molecule has 0 saturated heterocycles. The number of halogens is 2. The standard InChI is InChI=1S/C14H13BrClN5/c1-2-5-18-13-12(15)14(20-8-19-13)21-11-6-9(7-17)3-4-10(11)16/h3-4,6,8H,2,5H2,1H3,(H2,18,19,20,21). The SMILES string of the molecule is CCCNc1ncnc(Nc2cc(C#N)ccc2Cl)c1Br. The van der Waals surface area contributed by atoms with E-state index in [4.69, 9.17) is 16.9 Å². The maximum atomic E-state index is 8.95. The molecule has 1 aromatic heterocycles. The molecular formula is C14H13BrClN5. The lowest BCUT2D eigenvalue weighted by molar-refractivity contribution is 0.962. The molecule has 21 heavy (non-hydrogen) atoms. The number of hydrogen-bond donors (Lipinski definition) is 2. The van der Waals surface area contributed by atoms with E-state index in [1.54, 1.807) is 18.2 Å². The summed E-state index contributed by atoms with van der Waals surface area (Å²) < 4.78 is 0.719. The number of nitrogens with one attached hydrogen (secondary N) is 2. The highest BCUT2D eigenvalue weighted by molar-refractivity contribution is 9.10. The van der Waals surface area contributed by atoms with E-state index in [0.29, 0.717) is 27.9 Å². The average molecular weight is 367 g/mol. The summed E-state index contributed by atoms with van der Waals surface area (Å²) in [7, 11) is 0. The van der Waals surface area contributed by atoms with Crippen LogP contribution in [0.25, 0.3) is 0 Å². The van der Waals surface area contributed by atoms with Gasteiger partial charge in [0.25, 0.3) is 0 Å². The number of aromatic nitrogens is 2. The smallest absolute Gasteiger partial charge is 0.150 e. The zero-order chi connectivity index (χ0) is 15.2. The Morgan fingerprint density at radius 3 is 2.81 bits per heavy atom. The monoisotopic (exact) mass is 365 g/mol. The van der Waals surface area contributed by atoms with Crippen LogP contribution in [-0.4, -0.2) is 16.5 Å². The van der Waals surface area contributed by atoms with E-state index in [-0.39, 0.29) is 0 Å². The Bertz CT molecular complexity index is 684. The third-order valence-electron chi connectivity index (χ3n) is 2.68. The summed E-state index contributed by atoms with van der Waals surface area (Å²) in [6, 6.07) is 7.09. The molecule has 0 aliphatic carbocycles. The fraction of sp³-hybridized carbons (Fsp3) is 0.214. The van der Waals surface area contributed by atoms with Crippen molar-refractivity contribution < 1.29 is 0 Å². The number of nitriles is 1. The molecule has 0 bridgehead atoms. The summed E-state index contributed by atoms with van der Waals surface area (Å²) >= 11 is 9.60. The molecule has 0 radical (unpaired) electrons.